The average molecular weight is 277 g/mol. The van der Waals surface area contributed by atoms with Crippen LogP contribution in [0.3, 0.4) is 0 Å². The minimum atomic E-state index is 0.0303. The molecule has 6 heteroatoms. The molecule has 0 unspecified atom stereocenters. The number of hydrogen-bond donors (Lipinski definition) is 2. The van der Waals surface area contributed by atoms with E-state index in [0.29, 0.717) is 31.3 Å². The summed E-state index contributed by atoms with van der Waals surface area (Å²) in [4.78, 5) is 6.21. The van der Waals surface area contributed by atoms with Crippen LogP contribution in [0.5, 0.6) is 0 Å². The summed E-state index contributed by atoms with van der Waals surface area (Å²) in [5, 5.41) is 21.9. The molecule has 0 aliphatic carbocycles. The highest BCUT2D eigenvalue weighted by Crippen LogP contribution is 2.18. The van der Waals surface area contributed by atoms with Gasteiger partial charge in [0.05, 0.1) is 19.8 Å². The first kappa shape index (κ1) is 14.6. The Balaban J connectivity index is 2.08. The highest BCUT2D eigenvalue weighted by molar-refractivity contribution is 5.53. The number of aliphatic hydroxyl groups is 2. The van der Waals surface area contributed by atoms with E-state index >= 15 is 0 Å². The molecular formula is C14H19N3O3. The van der Waals surface area contributed by atoms with Crippen LogP contribution in [0.25, 0.3) is 11.5 Å². The first-order chi connectivity index (χ1) is 9.72. The lowest BCUT2D eigenvalue weighted by Gasteiger charge is -2.17. The van der Waals surface area contributed by atoms with Gasteiger partial charge in [0.2, 0.25) is 0 Å². The third kappa shape index (κ3) is 3.86. The topological polar surface area (TPSA) is 82.6 Å². The lowest BCUT2D eigenvalue weighted by molar-refractivity contribution is 0.152. The van der Waals surface area contributed by atoms with E-state index in [-0.39, 0.29) is 13.2 Å². The van der Waals surface area contributed by atoms with Gasteiger partial charge in [0.25, 0.3) is 5.89 Å². The maximum absolute atomic E-state index is 8.97. The smallest absolute Gasteiger partial charge is 0.257 e. The van der Waals surface area contributed by atoms with Crippen molar-refractivity contribution >= 4 is 0 Å². The monoisotopic (exact) mass is 277 g/mol. The zero-order valence-corrected chi connectivity index (χ0v) is 11.5. The van der Waals surface area contributed by atoms with Crippen molar-refractivity contribution in [3.63, 3.8) is 0 Å². The zero-order chi connectivity index (χ0) is 14.4. The molecule has 1 aromatic heterocycles. The summed E-state index contributed by atoms with van der Waals surface area (Å²) in [6.45, 7) is 3.44. The van der Waals surface area contributed by atoms with Gasteiger partial charge in [0.1, 0.15) is 0 Å². The number of hydrogen-bond acceptors (Lipinski definition) is 6. The van der Waals surface area contributed by atoms with Crippen LogP contribution in [-0.2, 0) is 6.54 Å². The van der Waals surface area contributed by atoms with E-state index in [9.17, 15) is 0 Å². The Morgan fingerprint density at radius 2 is 1.95 bits per heavy atom. The van der Waals surface area contributed by atoms with Gasteiger partial charge in [-0.3, -0.25) is 4.90 Å². The maximum atomic E-state index is 8.97. The molecule has 0 fully saturated rings. The normalized spacial score (nSPS) is 11.2. The van der Waals surface area contributed by atoms with Gasteiger partial charge >= 0.3 is 0 Å². The summed E-state index contributed by atoms with van der Waals surface area (Å²) in [6.07, 6.45) is 0. The molecule has 0 aliphatic rings. The van der Waals surface area contributed by atoms with Crippen molar-refractivity contribution < 1.29 is 14.7 Å². The molecule has 0 aliphatic heterocycles. The van der Waals surface area contributed by atoms with E-state index < -0.39 is 0 Å². The van der Waals surface area contributed by atoms with Crippen molar-refractivity contribution in [1.29, 1.82) is 0 Å². The van der Waals surface area contributed by atoms with Crippen LogP contribution in [0.4, 0.5) is 0 Å². The number of rotatable bonds is 7. The van der Waals surface area contributed by atoms with E-state index in [1.54, 1.807) is 0 Å². The largest absolute Gasteiger partial charge is 0.395 e. The number of aryl methyl sites for hydroxylation is 1. The number of aromatic nitrogens is 2. The van der Waals surface area contributed by atoms with Gasteiger partial charge in [-0.2, -0.15) is 4.98 Å². The third-order valence-electron chi connectivity index (χ3n) is 2.93. The van der Waals surface area contributed by atoms with Crippen molar-refractivity contribution in [3.05, 3.63) is 35.7 Å². The Morgan fingerprint density at radius 1 is 1.20 bits per heavy atom. The van der Waals surface area contributed by atoms with Crippen molar-refractivity contribution in [2.45, 2.75) is 13.5 Å². The maximum Gasteiger partial charge on any atom is 0.257 e. The van der Waals surface area contributed by atoms with Gasteiger partial charge in [0.15, 0.2) is 5.82 Å². The predicted molar refractivity (Wildman–Crippen MR) is 73.9 cm³/mol. The van der Waals surface area contributed by atoms with Gasteiger partial charge in [0, 0.05) is 18.7 Å². The van der Waals surface area contributed by atoms with Crippen LogP contribution in [0.2, 0.25) is 0 Å². The summed E-state index contributed by atoms with van der Waals surface area (Å²) in [7, 11) is 0. The summed E-state index contributed by atoms with van der Waals surface area (Å²) < 4.78 is 5.25. The van der Waals surface area contributed by atoms with E-state index in [2.05, 4.69) is 10.1 Å². The second-order valence-corrected chi connectivity index (χ2v) is 4.61. The first-order valence-electron chi connectivity index (χ1n) is 6.56. The molecule has 0 saturated heterocycles. The van der Waals surface area contributed by atoms with Gasteiger partial charge in [-0.15, -0.1) is 0 Å². The quantitative estimate of drug-likeness (QED) is 0.780. The number of aliphatic hydroxyl groups excluding tert-OH is 2. The molecule has 0 spiro atoms. The van der Waals surface area contributed by atoms with Crippen LogP contribution < -0.4 is 0 Å². The lowest BCUT2D eigenvalue weighted by atomic mass is 10.1. The van der Waals surface area contributed by atoms with Crippen LogP contribution in [0.1, 0.15) is 11.4 Å². The van der Waals surface area contributed by atoms with Crippen LogP contribution in [-0.4, -0.2) is 51.6 Å². The highest BCUT2D eigenvalue weighted by Gasteiger charge is 2.12. The van der Waals surface area contributed by atoms with E-state index in [1.807, 2.05) is 36.1 Å². The second-order valence-electron chi connectivity index (χ2n) is 4.61. The predicted octanol–water partition coefficient (Wildman–Crippen LogP) is 0.832. The molecule has 0 amide bonds. The van der Waals surface area contributed by atoms with Crippen molar-refractivity contribution in [1.82, 2.24) is 15.0 Å². The Bertz CT molecular complexity index is 536. The molecular weight excluding hydrogens is 258 g/mol. The molecule has 2 N–H and O–H groups in total. The highest BCUT2D eigenvalue weighted by atomic mass is 16.5. The zero-order valence-electron chi connectivity index (χ0n) is 11.5. The first-order valence-corrected chi connectivity index (χ1v) is 6.56. The Morgan fingerprint density at radius 3 is 2.60 bits per heavy atom. The molecule has 2 rings (SSSR count). The molecule has 108 valence electrons. The summed E-state index contributed by atoms with van der Waals surface area (Å²) >= 11 is 0. The summed E-state index contributed by atoms with van der Waals surface area (Å²) in [6, 6.07) is 7.85. The fourth-order valence-corrected chi connectivity index (χ4v) is 1.97. The third-order valence-corrected chi connectivity index (χ3v) is 2.93. The second kappa shape index (κ2) is 7.14. The fraction of sp³-hybridized carbons (Fsp3) is 0.429. The lowest BCUT2D eigenvalue weighted by Crippen LogP contribution is -2.29. The number of nitrogens with zero attached hydrogens (tertiary/aromatic N) is 3. The summed E-state index contributed by atoms with van der Waals surface area (Å²) in [5.74, 6) is 1.03. The molecule has 0 radical (unpaired) electrons. The fourth-order valence-electron chi connectivity index (χ4n) is 1.97. The average Bonchev–Trinajstić information content (AvgIpc) is 2.88. The van der Waals surface area contributed by atoms with Gasteiger partial charge < -0.3 is 14.7 Å². The van der Waals surface area contributed by atoms with Gasteiger partial charge in [-0.25, -0.2) is 0 Å². The van der Waals surface area contributed by atoms with E-state index in [4.69, 9.17) is 14.7 Å². The molecule has 2 aromatic rings. The van der Waals surface area contributed by atoms with Crippen LogP contribution in [0, 0.1) is 6.92 Å². The molecule has 0 atom stereocenters. The van der Waals surface area contributed by atoms with E-state index in [0.717, 1.165) is 11.1 Å². The van der Waals surface area contributed by atoms with Crippen molar-refractivity contribution in [2.75, 3.05) is 26.3 Å². The van der Waals surface area contributed by atoms with Crippen LogP contribution >= 0.6 is 0 Å². The Kier molecular flexibility index (Phi) is 5.23. The van der Waals surface area contributed by atoms with Crippen LogP contribution in [0.15, 0.2) is 28.8 Å². The van der Waals surface area contributed by atoms with E-state index in [1.165, 1.54) is 0 Å². The molecule has 0 bridgehead atoms. The Labute approximate surface area is 117 Å². The minimum absolute atomic E-state index is 0.0303. The molecule has 0 saturated carbocycles. The Hall–Kier alpha value is -1.76. The standard InChI is InChI=1S/C14H19N3O3/c1-11-3-2-4-12(9-11)14-15-13(16-20-14)10-17(5-7-18)6-8-19/h2-4,9,18-19H,5-8,10H2,1H3. The molecule has 20 heavy (non-hydrogen) atoms. The van der Waals surface area contributed by atoms with Crippen molar-refractivity contribution in [3.8, 4) is 11.5 Å². The SMILES string of the molecule is Cc1cccc(-c2nc(CN(CCO)CCO)no2)c1. The van der Waals surface area contributed by atoms with Crippen molar-refractivity contribution in [2.24, 2.45) is 0 Å². The molecule has 1 heterocycles. The number of benzene rings is 1. The van der Waals surface area contributed by atoms with Gasteiger partial charge in [-0.1, -0.05) is 22.9 Å². The minimum Gasteiger partial charge on any atom is -0.395 e. The molecule has 6 nitrogen and oxygen atoms in total. The molecule has 1 aromatic carbocycles. The summed E-state index contributed by atoms with van der Waals surface area (Å²) in [5.41, 5.74) is 2.02. The van der Waals surface area contributed by atoms with Gasteiger partial charge in [-0.05, 0) is 19.1 Å².